The summed E-state index contributed by atoms with van der Waals surface area (Å²) in [5.41, 5.74) is 0.108. The average Bonchev–Trinajstić information content (AvgIpc) is 2.72. The molecule has 1 aromatic carbocycles. The first-order chi connectivity index (χ1) is 13.7. The highest BCUT2D eigenvalue weighted by Crippen LogP contribution is 2.23. The van der Waals surface area contributed by atoms with Crippen LogP contribution in [-0.2, 0) is 19.6 Å². The molecule has 1 saturated carbocycles. The van der Waals surface area contributed by atoms with Crippen molar-refractivity contribution in [2.45, 2.75) is 69.9 Å². The maximum atomic E-state index is 12.6. The lowest BCUT2D eigenvalue weighted by molar-refractivity contribution is -0.137. The van der Waals surface area contributed by atoms with E-state index in [9.17, 15) is 18.0 Å². The van der Waals surface area contributed by atoms with E-state index in [1.165, 1.54) is 42.0 Å². The van der Waals surface area contributed by atoms with Crippen molar-refractivity contribution in [3.8, 4) is 0 Å². The van der Waals surface area contributed by atoms with E-state index >= 15 is 0 Å². The molecular weight excluding hydrogens is 392 g/mol. The first-order valence-corrected chi connectivity index (χ1v) is 11.7. The monoisotopic (exact) mass is 424 g/mol. The van der Waals surface area contributed by atoms with Gasteiger partial charge in [0.25, 0.3) is 5.91 Å². The lowest BCUT2D eigenvalue weighted by Gasteiger charge is -2.33. The molecule has 0 atom stereocenters. The normalized spacial score (nSPS) is 15.5. The van der Waals surface area contributed by atoms with Crippen molar-refractivity contribution in [2.75, 3.05) is 20.2 Å². The molecule has 162 valence electrons. The van der Waals surface area contributed by atoms with Crippen LogP contribution < -0.4 is 0 Å². The number of ether oxygens (including phenoxy) is 1. The standard InChI is InChI=1S/C21H32N2O5S/c1-5-23(18-11-7-6-8-12-18)20(24)15-28-21(25)17-10-9-13-19(14-17)29(26,27)22(4)16(2)3/h9-10,13-14,16,18H,5-8,11-12,15H2,1-4H3. The molecule has 8 heteroatoms. The molecule has 0 N–H and O–H groups in total. The second-order valence-corrected chi connectivity index (χ2v) is 9.69. The largest absolute Gasteiger partial charge is 0.452 e. The van der Waals surface area contributed by atoms with Crippen LogP contribution in [0.1, 0.15) is 63.2 Å². The first kappa shape index (κ1) is 23.3. The van der Waals surface area contributed by atoms with Gasteiger partial charge in [0, 0.05) is 25.7 Å². The minimum Gasteiger partial charge on any atom is -0.452 e. The second kappa shape index (κ2) is 10.2. The van der Waals surface area contributed by atoms with Gasteiger partial charge in [0.1, 0.15) is 0 Å². The van der Waals surface area contributed by atoms with Crippen LogP contribution in [0, 0.1) is 0 Å². The van der Waals surface area contributed by atoms with Gasteiger partial charge in [0.2, 0.25) is 10.0 Å². The predicted octanol–water partition coefficient (Wildman–Crippen LogP) is 3.05. The van der Waals surface area contributed by atoms with E-state index in [1.54, 1.807) is 18.7 Å². The summed E-state index contributed by atoms with van der Waals surface area (Å²) in [6.45, 7) is 5.70. The van der Waals surface area contributed by atoms with Crippen LogP contribution in [0.4, 0.5) is 0 Å². The quantitative estimate of drug-likeness (QED) is 0.599. The number of rotatable bonds is 8. The molecule has 0 heterocycles. The third kappa shape index (κ3) is 5.79. The van der Waals surface area contributed by atoms with Crippen molar-refractivity contribution in [1.29, 1.82) is 0 Å². The van der Waals surface area contributed by atoms with E-state index < -0.39 is 16.0 Å². The summed E-state index contributed by atoms with van der Waals surface area (Å²) in [6, 6.07) is 5.71. The van der Waals surface area contributed by atoms with Crippen molar-refractivity contribution in [3.05, 3.63) is 29.8 Å². The predicted molar refractivity (Wildman–Crippen MR) is 111 cm³/mol. The van der Waals surface area contributed by atoms with Gasteiger partial charge in [-0.1, -0.05) is 25.3 Å². The van der Waals surface area contributed by atoms with Crippen LogP contribution in [0.25, 0.3) is 0 Å². The highest BCUT2D eigenvalue weighted by Gasteiger charge is 2.26. The Bertz CT molecular complexity index is 816. The molecule has 2 rings (SSSR count). The van der Waals surface area contributed by atoms with Gasteiger partial charge in [-0.05, 0) is 51.8 Å². The van der Waals surface area contributed by atoms with Gasteiger partial charge in [0.05, 0.1) is 10.5 Å². The number of esters is 1. The maximum absolute atomic E-state index is 12.6. The number of carbonyl (C=O) groups is 2. The fourth-order valence-corrected chi connectivity index (χ4v) is 4.97. The average molecular weight is 425 g/mol. The second-order valence-electron chi connectivity index (χ2n) is 7.69. The Balaban J connectivity index is 2.04. The Morgan fingerprint density at radius 3 is 2.41 bits per heavy atom. The summed E-state index contributed by atoms with van der Waals surface area (Å²) in [4.78, 5) is 26.8. The fourth-order valence-electron chi connectivity index (χ4n) is 3.55. The number of carbonyl (C=O) groups excluding carboxylic acids is 2. The maximum Gasteiger partial charge on any atom is 0.338 e. The van der Waals surface area contributed by atoms with Gasteiger partial charge >= 0.3 is 5.97 Å². The molecule has 1 aliphatic rings. The van der Waals surface area contributed by atoms with Crippen molar-refractivity contribution >= 4 is 21.9 Å². The van der Waals surface area contributed by atoms with Crippen molar-refractivity contribution < 1.29 is 22.7 Å². The van der Waals surface area contributed by atoms with E-state index in [2.05, 4.69) is 0 Å². The van der Waals surface area contributed by atoms with Gasteiger partial charge in [-0.25, -0.2) is 13.2 Å². The van der Waals surface area contributed by atoms with Crippen LogP contribution in [0.3, 0.4) is 0 Å². The lowest BCUT2D eigenvalue weighted by atomic mass is 9.94. The highest BCUT2D eigenvalue weighted by molar-refractivity contribution is 7.89. The zero-order valence-corrected chi connectivity index (χ0v) is 18.6. The SMILES string of the molecule is CCN(C(=O)COC(=O)c1cccc(S(=O)(=O)N(C)C(C)C)c1)C1CCCCC1. The molecule has 0 saturated heterocycles. The van der Waals surface area contributed by atoms with Crippen LogP contribution >= 0.6 is 0 Å². The number of hydrogen-bond donors (Lipinski definition) is 0. The van der Waals surface area contributed by atoms with E-state index in [0.29, 0.717) is 6.54 Å². The molecule has 0 spiro atoms. The summed E-state index contributed by atoms with van der Waals surface area (Å²) in [5, 5.41) is 0. The number of hydrogen-bond acceptors (Lipinski definition) is 5. The molecule has 7 nitrogen and oxygen atoms in total. The minimum atomic E-state index is -3.71. The summed E-state index contributed by atoms with van der Waals surface area (Å²) < 4.78 is 31.7. The summed E-state index contributed by atoms with van der Waals surface area (Å²) in [6.07, 6.45) is 5.39. The van der Waals surface area contributed by atoms with Crippen LogP contribution in [0.15, 0.2) is 29.2 Å². The molecule has 0 bridgehead atoms. The molecule has 0 unspecified atom stereocenters. The topological polar surface area (TPSA) is 84.0 Å². The Morgan fingerprint density at radius 2 is 1.83 bits per heavy atom. The molecule has 29 heavy (non-hydrogen) atoms. The zero-order valence-electron chi connectivity index (χ0n) is 17.8. The van der Waals surface area contributed by atoms with E-state index in [-0.39, 0.29) is 35.1 Å². The Kier molecular flexibility index (Phi) is 8.22. The molecule has 1 aliphatic carbocycles. The third-order valence-electron chi connectivity index (χ3n) is 5.48. The molecule has 1 aromatic rings. The molecule has 1 amide bonds. The first-order valence-electron chi connectivity index (χ1n) is 10.2. The lowest BCUT2D eigenvalue weighted by Crippen LogP contribution is -2.43. The van der Waals surface area contributed by atoms with Crippen molar-refractivity contribution in [2.24, 2.45) is 0 Å². The molecule has 0 radical (unpaired) electrons. The van der Waals surface area contributed by atoms with Crippen molar-refractivity contribution in [3.63, 3.8) is 0 Å². The Hall–Kier alpha value is -1.93. The Morgan fingerprint density at radius 1 is 1.17 bits per heavy atom. The molecule has 1 fully saturated rings. The van der Waals surface area contributed by atoms with Crippen LogP contribution in [0.5, 0.6) is 0 Å². The molecule has 0 aliphatic heterocycles. The molecule has 0 aromatic heterocycles. The third-order valence-corrected chi connectivity index (χ3v) is 7.51. The van der Waals surface area contributed by atoms with Gasteiger partial charge in [-0.2, -0.15) is 4.31 Å². The summed E-state index contributed by atoms with van der Waals surface area (Å²) >= 11 is 0. The van der Waals surface area contributed by atoms with Gasteiger partial charge < -0.3 is 9.64 Å². The minimum absolute atomic E-state index is 0.0202. The fraction of sp³-hybridized carbons (Fsp3) is 0.619. The van der Waals surface area contributed by atoms with Gasteiger partial charge in [0.15, 0.2) is 6.61 Å². The highest BCUT2D eigenvalue weighted by atomic mass is 32.2. The summed E-state index contributed by atoms with van der Waals surface area (Å²) in [5.74, 6) is -0.918. The van der Waals surface area contributed by atoms with Crippen LogP contribution in [-0.4, -0.2) is 61.8 Å². The number of sulfonamides is 1. The number of benzene rings is 1. The number of amides is 1. The van der Waals surface area contributed by atoms with Gasteiger partial charge in [-0.15, -0.1) is 0 Å². The smallest absolute Gasteiger partial charge is 0.338 e. The van der Waals surface area contributed by atoms with E-state index in [1.807, 2.05) is 6.92 Å². The zero-order chi connectivity index (χ0) is 21.6. The van der Waals surface area contributed by atoms with E-state index in [0.717, 1.165) is 25.7 Å². The molecular formula is C21H32N2O5S. The number of likely N-dealkylation sites (N-methyl/N-ethyl adjacent to an activating group) is 1. The number of nitrogens with zero attached hydrogens (tertiary/aromatic N) is 2. The Labute approximate surface area is 174 Å². The summed E-state index contributed by atoms with van der Waals surface area (Å²) in [7, 11) is -2.21. The van der Waals surface area contributed by atoms with Crippen LogP contribution in [0.2, 0.25) is 0 Å². The van der Waals surface area contributed by atoms with Gasteiger partial charge in [-0.3, -0.25) is 4.79 Å². The van der Waals surface area contributed by atoms with E-state index in [4.69, 9.17) is 4.74 Å². The van der Waals surface area contributed by atoms with Crippen molar-refractivity contribution in [1.82, 2.24) is 9.21 Å².